The van der Waals surface area contributed by atoms with Gasteiger partial charge in [0.1, 0.15) is 0 Å². The molecule has 0 radical (unpaired) electrons. The first-order chi connectivity index (χ1) is 7.20. The molecule has 0 spiro atoms. The summed E-state index contributed by atoms with van der Waals surface area (Å²) in [5.74, 6) is -0.409. The van der Waals surface area contributed by atoms with Gasteiger partial charge in [0.05, 0.1) is 7.11 Å². The molecule has 5 heteroatoms. The van der Waals surface area contributed by atoms with Crippen molar-refractivity contribution in [2.45, 2.75) is 19.8 Å². The standard InChI is InChI=1S/C10H18N2O3/c1-3-6-12-9(13)4-7-11-8-5-10(14)15-2/h5,8,11H,3-4,6-7H2,1-2H3,(H,12,13)/b8-5+. The number of hydrogen-bond donors (Lipinski definition) is 2. The van der Waals surface area contributed by atoms with Gasteiger partial charge in [0.2, 0.25) is 5.91 Å². The normalized spacial score (nSPS) is 10.0. The smallest absolute Gasteiger partial charge is 0.331 e. The van der Waals surface area contributed by atoms with Crippen molar-refractivity contribution >= 4 is 11.9 Å². The lowest BCUT2D eigenvalue weighted by Crippen LogP contribution is -2.26. The Bertz CT molecular complexity index is 227. The van der Waals surface area contributed by atoms with Crippen molar-refractivity contribution < 1.29 is 14.3 Å². The lowest BCUT2D eigenvalue weighted by molar-refractivity contribution is -0.134. The molecule has 0 unspecified atom stereocenters. The number of carbonyl (C=O) groups is 2. The highest BCUT2D eigenvalue weighted by molar-refractivity contribution is 5.81. The summed E-state index contributed by atoms with van der Waals surface area (Å²) in [4.78, 5) is 21.7. The van der Waals surface area contributed by atoms with Crippen LogP contribution in [0.4, 0.5) is 0 Å². The Labute approximate surface area is 89.9 Å². The molecule has 5 nitrogen and oxygen atoms in total. The Morgan fingerprint density at radius 2 is 2.07 bits per heavy atom. The van der Waals surface area contributed by atoms with Crippen LogP contribution in [0, 0.1) is 0 Å². The summed E-state index contributed by atoms with van der Waals surface area (Å²) in [6.07, 6.45) is 4.07. The van der Waals surface area contributed by atoms with Crippen LogP contribution in [-0.4, -0.2) is 32.1 Å². The highest BCUT2D eigenvalue weighted by Crippen LogP contribution is 1.80. The monoisotopic (exact) mass is 214 g/mol. The maximum atomic E-state index is 11.1. The lowest BCUT2D eigenvalue weighted by Gasteiger charge is -2.02. The van der Waals surface area contributed by atoms with Crippen LogP contribution in [-0.2, 0) is 14.3 Å². The molecule has 0 bridgehead atoms. The number of methoxy groups -OCH3 is 1. The van der Waals surface area contributed by atoms with Crippen molar-refractivity contribution in [1.82, 2.24) is 10.6 Å². The van der Waals surface area contributed by atoms with E-state index in [1.165, 1.54) is 19.4 Å². The van der Waals surface area contributed by atoms with Gasteiger partial charge in [-0.15, -0.1) is 0 Å². The zero-order chi connectivity index (χ0) is 11.5. The molecule has 0 saturated carbocycles. The van der Waals surface area contributed by atoms with Crippen molar-refractivity contribution in [3.05, 3.63) is 12.3 Å². The van der Waals surface area contributed by atoms with E-state index in [0.717, 1.165) is 6.42 Å². The Kier molecular flexibility index (Phi) is 8.13. The van der Waals surface area contributed by atoms with E-state index in [1.54, 1.807) is 0 Å². The molecule has 0 aromatic heterocycles. The molecule has 0 atom stereocenters. The van der Waals surface area contributed by atoms with E-state index in [9.17, 15) is 9.59 Å². The molecule has 0 aromatic rings. The van der Waals surface area contributed by atoms with Crippen LogP contribution in [0.1, 0.15) is 19.8 Å². The van der Waals surface area contributed by atoms with Crippen molar-refractivity contribution in [2.24, 2.45) is 0 Å². The molecule has 0 heterocycles. The van der Waals surface area contributed by atoms with Crippen molar-refractivity contribution in [3.8, 4) is 0 Å². The number of amides is 1. The molecule has 86 valence electrons. The van der Waals surface area contributed by atoms with Crippen LogP contribution in [0.15, 0.2) is 12.3 Å². The summed E-state index contributed by atoms with van der Waals surface area (Å²) in [6, 6.07) is 0. The molecule has 0 fully saturated rings. The summed E-state index contributed by atoms with van der Waals surface area (Å²) in [6.45, 7) is 3.21. The van der Waals surface area contributed by atoms with Crippen molar-refractivity contribution in [3.63, 3.8) is 0 Å². The SMILES string of the molecule is CCCNC(=O)CCN/C=C/C(=O)OC. The van der Waals surface area contributed by atoms with Gasteiger partial charge in [-0.25, -0.2) is 4.79 Å². The zero-order valence-corrected chi connectivity index (χ0v) is 9.21. The van der Waals surface area contributed by atoms with Crippen LogP contribution in [0.2, 0.25) is 0 Å². The highest BCUT2D eigenvalue weighted by atomic mass is 16.5. The topological polar surface area (TPSA) is 67.4 Å². The molecule has 1 amide bonds. The Morgan fingerprint density at radius 1 is 1.33 bits per heavy atom. The number of ether oxygens (including phenoxy) is 1. The van der Waals surface area contributed by atoms with Gasteiger partial charge in [0.15, 0.2) is 0 Å². The van der Waals surface area contributed by atoms with E-state index >= 15 is 0 Å². The van der Waals surface area contributed by atoms with Crippen molar-refractivity contribution in [1.29, 1.82) is 0 Å². The maximum absolute atomic E-state index is 11.1. The van der Waals surface area contributed by atoms with Crippen LogP contribution < -0.4 is 10.6 Å². The largest absolute Gasteiger partial charge is 0.466 e. The summed E-state index contributed by atoms with van der Waals surface area (Å²) in [5, 5.41) is 5.56. The van der Waals surface area contributed by atoms with Gasteiger partial charge in [-0.05, 0) is 6.42 Å². The molecule has 2 N–H and O–H groups in total. The lowest BCUT2D eigenvalue weighted by atomic mass is 10.4. The minimum atomic E-state index is -0.419. The highest BCUT2D eigenvalue weighted by Gasteiger charge is 1.97. The van der Waals surface area contributed by atoms with Gasteiger partial charge in [-0.3, -0.25) is 4.79 Å². The fourth-order valence-corrected chi connectivity index (χ4v) is 0.817. The first-order valence-electron chi connectivity index (χ1n) is 4.95. The average Bonchev–Trinajstić information content (AvgIpc) is 2.25. The molecule has 0 aliphatic heterocycles. The summed E-state index contributed by atoms with van der Waals surface area (Å²) in [5.41, 5.74) is 0. The average molecular weight is 214 g/mol. The first-order valence-corrected chi connectivity index (χ1v) is 4.95. The number of rotatable bonds is 7. The van der Waals surface area contributed by atoms with E-state index in [2.05, 4.69) is 15.4 Å². The van der Waals surface area contributed by atoms with Gasteiger partial charge in [0.25, 0.3) is 0 Å². The van der Waals surface area contributed by atoms with E-state index in [1.807, 2.05) is 6.92 Å². The number of nitrogens with one attached hydrogen (secondary N) is 2. The fourth-order valence-electron chi connectivity index (χ4n) is 0.817. The third-order valence-corrected chi connectivity index (χ3v) is 1.61. The van der Waals surface area contributed by atoms with E-state index < -0.39 is 5.97 Å². The molecule has 15 heavy (non-hydrogen) atoms. The first kappa shape index (κ1) is 13.5. The van der Waals surface area contributed by atoms with Gasteiger partial charge in [-0.1, -0.05) is 6.92 Å². The van der Waals surface area contributed by atoms with Crippen LogP contribution in [0.5, 0.6) is 0 Å². The molecule has 0 aliphatic rings. The predicted molar refractivity (Wildman–Crippen MR) is 57.1 cm³/mol. The van der Waals surface area contributed by atoms with E-state index in [4.69, 9.17) is 0 Å². The molecular formula is C10H18N2O3. The Morgan fingerprint density at radius 3 is 2.67 bits per heavy atom. The number of hydrogen-bond acceptors (Lipinski definition) is 4. The summed E-state index contributed by atoms with van der Waals surface area (Å²) >= 11 is 0. The molecule has 0 aromatic carbocycles. The van der Waals surface area contributed by atoms with Gasteiger partial charge in [-0.2, -0.15) is 0 Å². The Balaban J connectivity index is 3.41. The Hall–Kier alpha value is -1.52. The van der Waals surface area contributed by atoms with Crippen LogP contribution in [0.25, 0.3) is 0 Å². The number of esters is 1. The number of carbonyl (C=O) groups excluding carboxylic acids is 2. The van der Waals surface area contributed by atoms with E-state index in [0.29, 0.717) is 19.5 Å². The van der Waals surface area contributed by atoms with Gasteiger partial charge in [0, 0.05) is 31.8 Å². The summed E-state index contributed by atoms with van der Waals surface area (Å²) in [7, 11) is 1.31. The molecule has 0 saturated heterocycles. The van der Waals surface area contributed by atoms with Crippen molar-refractivity contribution in [2.75, 3.05) is 20.2 Å². The minimum Gasteiger partial charge on any atom is -0.466 e. The molecule has 0 rings (SSSR count). The third-order valence-electron chi connectivity index (χ3n) is 1.61. The molecular weight excluding hydrogens is 196 g/mol. The van der Waals surface area contributed by atoms with Crippen LogP contribution in [0.3, 0.4) is 0 Å². The van der Waals surface area contributed by atoms with E-state index in [-0.39, 0.29) is 5.91 Å². The maximum Gasteiger partial charge on any atom is 0.331 e. The summed E-state index contributed by atoms with van der Waals surface area (Å²) < 4.78 is 4.39. The van der Waals surface area contributed by atoms with Gasteiger partial charge >= 0.3 is 5.97 Å². The second-order valence-electron chi connectivity index (χ2n) is 2.91. The quantitative estimate of drug-likeness (QED) is 0.360. The minimum absolute atomic E-state index is 0.0100. The molecule has 0 aliphatic carbocycles. The predicted octanol–water partition coefficient (Wildman–Crippen LogP) is 0.179. The second kappa shape index (κ2) is 9.05. The fraction of sp³-hybridized carbons (Fsp3) is 0.600. The second-order valence-corrected chi connectivity index (χ2v) is 2.91. The zero-order valence-electron chi connectivity index (χ0n) is 9.21. The van der Waals surface area contributed by atoms with Crippen LogP contribution >= 0.6 is 0 Å². The van der Waals surface area contributed by atoms with Gasteiger partial charge < -0.3 is 15.4 Å². The third kappa shape index (κ3) is 8.80.